The monoisotopic (exact) mass is 537 g/mol. The van der Waals surface area contributed by atoms with Gasteiger partial charge in [-0.2, -0.15) is 0 Å². The maximum atomic E-state index is 5.07. The first-order valence-electron chi connectivity index (χ1n) is 14.0. The summed E-state index contributed by atoms with van der Waals surface area (Å²) in [5, 5.41) is 0. The second kappa shape index (κ2) is 11.4. The Bertz CT molecular complexity index is 1940. The van der Waals surface area contributed by atoms with Crippen LogP contribution in [0.3, 0.4) is 0 Å². The second-order valence-corrected chi connectivity index (χ2v) is 10.1. The van der Waals surface area contributed by atoms with Crippen LogP contribution in [0.2, 0.25) is 0 Å². The molecule has 3 heteroatoms. The molecule has 0 unspecified atom stereocenters. The van der Waals surface area contributed by atoms with E-state index in [4.69, 9.17) is 15.0 Å². The Labute approximate surface area is 245 Å². The number of benzene rings is 6. The van der Waals surface area contributed by atoms with Crippen molar-refractivity contribution >= 4 is 0 Å². The van der Waals surface area contributed by atoms with Crippen molar-refractivity contribution in [2.75, 3.05) is 0 Å². The molecule has 0 radical (unpaired) electrons. The fourth-order valence-electron chi connectivity index (χ4n) is 5.19. The Morgan fingerprint density at radius 1 is 0.238 bits per heavy atom. The summed E-state index contributed by atoms with van der Waals surface area (Å²) in [4.78, 5) is 15.0. The van der Waals surface area contributed by atoms with Crippen LogP contribution in [0, 0.1) is 0 Å². The fourth-order valence-corrected chi connectivity index (χ4v) is 5.19. The smallest absolute Gasteiger partial charge is 0.164 e. The maximum Gasteiger partial charge on any atom is 0.164 e. The Hall–Kier alpha value is -5.67. The molecule has 0 saturated heterocycles. The van der Waals surface area contributed by atoms with E-state index in [0.29, 0.717) is 17.5 Å². The Morgan fingerprint density at radius 2 is 0.595 bits per heavy atom. The summed E-state index contributed by atoms with van der Waals surface area (Å²) >= 11 is 0. The molecule has 6 aromatic carbocycles. The molecule has 0 spiro atoms. The Kier molecular flexibility index (Phi) is 6.89. The Balaban J connectivity index is 1.40. The van der Waals surface area contributed by atoms with Crippen molar-refractivity contribution in [3.05, 3.63) is 164 Å². The highest BCUT2D eigenvalue weighted by Crippen LogP contribution is 2.36. The maximum absolute atomic E-state index is 5.07. The average molecular weight is 538 g/mol. The highest BCUT2D eigenvalue weighted by atomic mass is 15.0. The molecule has 198 valence electrons. The van der Waals surface area contributed by atoms with Gasteiger partial charge in [0.25, 0.3) is 0 Å². The minimum absolute atomic E-state index is 0.643. The van der Waals surface area contributed by atoms with Crippen LogP contribution >= 0.6 is 0 Å². The minimum atomic E-state index is 0.643. The molecule has 0 fully saturated rings. The first-order chi connectivity index (χ1) is 20.8. The number of rotatable bonds is 6. The van der Waals surface area contributed by atoms with E-state index in [-0.39, 0.29) is 0 Å². The highest BCUT2D eigenvalue weighted by Gasteiger charge is 2.17. The molecule has 3 nitrogen and oxygen atoms in total. The van der Waals surface area contributed by atoms with E-state index in [0.717, 1.165) is 38.9 Å². The number of hydrogen-bond acceptors (Lipinski definition) is 3. The molecule has 0 aliphatic rings. The van der Waals surface area contributed by atoms with E-state index in [1.54, 1.807) is 0 Å². The zero-order valence-corrected chi connectivity index (χ0v) is 22.9. The van der Waals surface area contributed by atoms with E-state index < -0.39 is 0 Å². The fraction of sp³-hybridized carbons (Fsp3) is 0. The second-order valence-electron chi connectivity index (χ2n) is 10.1. The number of aromatic nitrogens is 3. The van der Waals surface area contributed by atoms with Crippen LogP contribution < -0.4 is 0 Å². The molecule has 42 heavy (non-hydrogen) atoms. The van der Waals surface area contributed by atoms with Gasteiger partial charge in [-0.15, -0.1) is 0 Å². The topological polar surface area (TPSA) is 38.7 Å². The molecule has 1 aromatic heterocycles. The predicted octanol–water partition coefficient (Wildman–Crippen LogP) is 9.87. The summed E-state index contributed by atoms with van der Waals surface area (Å²) in [6.07, 6.45) is 0. The van der Waals surface area contributed by atoms with E-state index in [9.17, 15) is 0 Å². The molecule has 0 atom stereocenters. The number of nitrogens with zero attached hydrogens (tertiary/aromatic N) is 3. The van der Waals surface area contributed by atoms with E-state index in [1.165, 1.54) is 11.1 Å². The van der Waals surface area contributed by atoms with Gasteiger partial charge in [-0.1, -0.05) is 152 Å². The molecule has 0 saturated carbocycles. The van der Waals surface area contributed by atoms with Gasteiger partial charge in [-0.25, -0.2) is 15.0 Å². The predicted molar refractivity (Wildman–Crippen MR) is 172 cm³/mol. The van der Waals surface area contributed by atoms with E-state index >= 15 is 0 Å². The number of hydrogen-bond donors (Lipinski definition) is 0. The van der Waals surface area contributed by atoms with E-state index in [1.807, 2.05) is 48.5 Å². The first kappa shape index (κ1) is 25.3. The van der Waals surface area contributed by atoms with Crippen molar-refractivity contribution in [1.29, 1.82) is 0 Å². The third kappa shape index (κ3) is 5.24. The summed E-state index contributed by atoms with van der Waals surface area (Å²) in [7, 11) is 0. The van der Waals surface area contributed by atoms with Crippen molar-refractivity contribution in [3.8, 4) is 67.5 Å². The summed E-state index contributed by atoms with van der Waals surface area (Å²) in [5.74, 6) is 1.93. The molecule has 0 bridgehead atoms. The molecular formula is C39H27N3. The van der Waals surface area contributed by atoms with Crippen LogP contribution in [0.5, 0.6) is 0 Å². The van der Waals surface area contributed by atoms with Gasteiger partial charge in [-0.3, -0.25) is 0 Å². The van der Waals surface area contributed by atoms with Gasteiger partial charge < -0.3 is 0 Å². The van der Waals surface area contributed by atoms with Crippen molar-refractivity contribution < 1.29 is 0 Å². The highest BCUT2D eigenvalue weighted by molar-refractivity contribution is 5.86. The molecule has 7 rings (SSSR count). The average Bonchev–Trinajstić information content (AvgIpc) is 3.09. The molecule has 0 amide bonds. The summed E-state index contributed by atoms with van der Waals surface area (Å²) < 4.78 is 0. The van der Waals surface area contributed by atoms with Crippen molar-refractivity contribution in [2.24, 2.45) is 0 Å². The lowest BCUT2D eigenvalue weighted by molar-refractivity contribution is 1.07. The molecule has 7 aromatic rings. The van der Waals surface area contributed by atoms with Gasteiger partial charge in [0.05, 0.1) is 0 Å². The summed E-state index contributed by atoms with van der Waals surface area (Å²) in [6, 6.07) is 56.3. The van der Waals surface area contributed by atoms with Gasteiger partial charge in [0.2, 0.25) is 0 Å². The van der Waals surface area contributed by atoms with Crippen molar-refractivity contribution in [3.63, 3.8) is 0 Å². The lowest BCUT2D eigenvalue weighted by Gasteiger charge is -2.14. The zero-order chi connectivity index (χ0) is 28.1. The molecular weight excluding hydrogens is 510 g/mol. The normalized spacial score (nSPS) is 10.9. The van der Waals surface area contributed by atoms with Crippen LogP contribution in [0.1, 0.15) is 0 Å². The van der Waals surface area contributed by atoms with Gasteiger partial charge in [0.15, 0.2) is 17.5 Å². The summed E-state index contributed by atoms with van der Waals surface area (Å²) in [5.41, 5.74) is 9.68. The van der Waals surface area contributed by atoms with Gasteiger partial charge >= 0.3 is 0 Å². The first-order valence-corrected chi connectivity index (χ1v) is 14.0. The quantitative estimate of drug-likeness (QED) is 0.212. The SMILES string of the molecule is c1ccc(-c2ccc(-c3nc(-c4ccccc4)nc(-c4ccc(-c5ccccc5)cc4-c4ccccc4)n3)cc2)cc1. The molecule has 0 N–H and O–H groups in total. The van der Waals surface area contributed by atoms with Crippen molar-refractivity contribution in [2.45, 2.75) is 0 Å². The van der Waals surface area contributed by atoms with E-state index in [2.05, 4.69) is 115 Å². The molecule has 0 aliphatic carbocycles. The van der Waals surface area contributed by atoms with Crippen LogP contribution in [0.25, 0.3) is 67.5 Å². The molecule has 0 aliphatic heterocycles. The van der Waals surface area contributed by atoms with Crippen LogP contribution in [-0.2, 0) is 0 Å². The van der Waals surface area contributed by atoms with Crippen LogP contribution in [0.15, 0.2) is 164 Å². The lowest BCUT2D eigenvalue weighted by atomic mass is 9.94. The standard InChI is InChI=1S/C39H27N3/c1-5-13-28(14-6-1)30-21-23-33(24-22-30)38-40-37(32-19-11-4-12-20-32)41-39(42-38)35-26-25-34(29-15-7-2-8-16-29)27-36(35)31-17-9-3-10-18-31/h1-27H. The third-order valence-electron chi connectivity index (χ3n) is 7.37. The van der Waals surface area contributed by atoms with Gasteiger partial charge in [-0.05, 0) is 45.5 Å². The van der Waals surface area contributed by atoms with Crippen LogP contribution in [0.4, 0.5) is 0 Å². The van der Waals surface area contributed by atoms with Crippen molar-refractivity contribution in [1.82, 2.24) is 15.0 Å². The lowest BCUT2D eigenvalue weighted by Crippen LogP contribution is -2.01. The van der Waals surface area contributed by atoms with Gasteiger partial charge in [0, 0.05) is 16.7 Å². The Morgan fingerprint density at radius 3 is 1.14 bits per heavy atom. The minimum Gasteiger partial charge on any atom is -0.208 e. The third-order valence-corrected chi connectivity index (χ3v) is 7.37. The largest absolute Gasteiger partial charge is 0.208 e. The van der Waals surface area contributed by atoms with Crippen LogP contribution in [-0.4, -0.2) is 15.0 Å². The molecule has 1 heterocycles. The van der Waals surface area contributed by atoms with Gasteiger partial charge in [0.1, 0.15) is 0 Å². The summed E-state index contributed by atoms with van der Waals surface area (Å²) in [6.45, 7) is 0. The zero-order valence-electron chi connectivity index (χ0n) is 22.9.